The van der Waals surface area contributed by atoms with Gasteiger partial charge in [-0.15, -0.1) is 0 Å². The molecule has 2 heteroatoms. The Balaban J connectivity index is 1.74. The number of rotatable bonds is 3. The molecule has 1 aromatic carbocycles. The lowest BCUT2D eigenvalue weighted by atomic mass is 9.92. The van der Waals surface area contributed by atoms with Gasteiger partial charge in [-0.25, -0.2) is 0 Å². The van der Waals surface area contributed by atoms with Crippen molar-refractivity contribution in [3.63, 3.8) is 0 Å². The van der Waals surface area contributed by atoms with E-state index in [-0.39, 0.29) is 0 Å². The Labute approximate surface area is 108 Å². The van der Waals surface area contributed by atoms with Gasteiger partial charge in [0, 0.05) is 11.6 Å². The van der Waals surface area contributed by atoms with E-state index >= 15 is 0 Å². The Morgan fingerprint density at radius 1 is 1.22 bits per heavy atom. The summed E-state index contributed by atoms with van der Waals surface area (Å²) >= 11 is 0. The zero-order chi connectivity index (χ0) is 12.2. The summed E-state index contributed by atoms with van der Waals surface area (Å²) in [6, 6.07) is 10.6. The molecule has 0 aliphatic carbocycles. The zero-order valence-corrected chi connectivity index (χ0v) is 10.7. The molecule has 1 fully saturated rings. The summed E-state index contributed by atoms with van der Waals surface area (Å²) in [5.41, 5.74) is 2.57. The van der Waals surface area contributed by atoms with Gasteiger partial charge in [0.25, 0.3) is 0 Å². The molecule has 0 bridgehead atoms. The molecule has 1 unspecified atom stereocenters. The first kappa shape index (κ1) is 11.7. The van der Waals surface area contributed by atoms with Crippen LogP contribution in [0.25, 0.3) is 10.9 Å². The number of pyridine rings is 1. The van der Waals surface area contributed by atoms with Crippen molar-refractivity contribution in [2.45, 2.75) is 25.7 Å². The van der Waals surface area contributed by atoms with E-state index in [1.54, 1.807) is 0 Å². The average Bonchev–Trinajstić information content (AvgIpc) is 2.46. The maximum Gasteiger partial charge on any atom is 0.0704 e. The number of fused-ring (bicyclic) bond motifs is 1. The van der Waals surface area contributed by atoms with E-state index in [9.17, 15) is 0 Å². The highest BCUT2D eigenvalue weighted by Gasteiger charge is 2.13. The molecule has 94 valence electrons. The number of nitrogens with one attached hydrogen (secondary N) is 1. The van der Waals surface area contributed by atoms with Crippen molar-refractivity contribution in [1.29, 1.82) is 0 Å². The first-order valence-corrected chi connectivity index (χ1v) is 6.97. The normalized spacial score (nSPS) is 20.1. The van der Waals surface area contributed by atoms with Crippen molar-refractivity contribution in [3.05, 3.63) is 42.1 Å². The van der Waals surface area contributed by atoms with Gasteiger partial charge in [0.05, 0.1) is 5.52 Å². The fourth-order valence-corrected chi connectivity index (χ4v) is 2.90. The van der Waals surface area contributed by atoms with Crippen molar-refractivity contribution in [2.75, 3.05) is 13.1 Å². The van der Waals surface area contributed by atoms with Gasteiger partial charge in [0.1, 0.15) is 0 Å². The molecule has 1 N–H and O–H groups in total. The maximum absolute atomic E-state index is 4.42. The van der Waals surface area contributed by atoms with Gasteiger partial charge in [0.15, 0.2) is 0 Å². The van der Waals surface area contributed by atoms with Crippen molar-refractivity contribution in [2.24, 2.45) is 5.92 Å². The summed E-state index contributed by atoms with van der Waals surface area (Å²) < 4.78 is 0. The molecule has 1 aliphatic heterocycles. The van der Waals surface area contributed by atoms with Crippen LogP contribution in [0.2, 0.25) is 0 Å². The molecule has 1 aromatic heterocycles. The summed E-state index contributed by atoms with van der Waals surface area (Å²) in [6.45, 7) is 2.40. The van der Waals surface area contributed by atoms with Crippen molar-refractivity contribution in [3.8, 4) is 0 Å². The SMILES string of the molecule is c1ccc2c(CCC3CCCNC3)ccnc2c1. The Morgan fingerprint density at radius 2 is 2.17 bits per heavy atom. The molecular weight excluding hydrogens is 220 g/mol. The van der Waals surface area contributed by atoms with Gasteiger partial charge in [0.2, 0.25) is 0 Å². The molecular formula is C16H20N2. The van der Waals surface area contributed by atoms with E-state index in [0.29, 0.717) is 0 Å². The topological polar surface area (TPSA) is 24.9 Å². The van der Waals surface area contributed by atoms with E-state index < -0.39 is 0 Å². The van der Waals surface area contributed by atoms with Crippen molar-refractivity contribution in [1.82, 2.24) is 10.3 Å². The molecule has 1 aliphatic rings. The molecule has 0 amide bonds. The molecule has 1 saturated heterocycles. The number of para-hydroxylation sites is 1. The molecule has 3 rings (SSSR count). The third-order valence-corrected chi connectivity index (χ3v) is 3.96. The second-order valence-corrected chi connectivity index (χ2v) is 5.24. The van der Waals surface area contributed by atoms with Gasteiger partial charge in [-0.05, 0) is 62.4 Å². The number of aryl methyl sites for hydroxylation is 1. The Hall–Kier alpha value is -1.41. The van der Waals surface area contributed by atoms with E-state index in [4.69, 9.17) is 0 Å². The second kappa shape index (κ2) is 5.49. The Kier molecular flexibility index (Phi) is 3.56. The minimum Gasteiger partial charge on any atom is -0.316 e. The molecule has 2 aromatic rings. The van der Waals surface area contributed by atoms with Gasteiger partial charge in [-0.2, -0.15) is 0 Å². The highest BCUT2D eigenvalue weighted by Crippen LogP contribution is 2.21. The second-order valence-electron chi connectivity index (χ2n) is 5.24. The third-order valence-electron chi connectivity index (χ3n) is 3.96. The predicted octanol–water partition coefficient (Wildman–Crippen LogP) is 3.17. The Morgan fingerprint density at radius 3 is 3.06 bits per heavy atom. The molecule has 0 saturated carbocycles. The summed E-state index contributed by atoms with van der Waals surface area (Å²) in [5, 5.41) is 4.82. The van der Waals surface area contributed by atoms with Crippen LogP contribution in [0.5, 0.6) is 0 Å². The molecule has 0 radical (unpaired) electrons. The monoisotopic (exact) mass is 240 g/mol. The quantitative estimate of drug-likeness (QED) is 0.891. The predicted molar refractivity (Wildman–Crippen MR) is 75.7 cm³/mol. The van der Waals surface area contributed by atoms with E-state index in [1.165, 1.54) is 49.7 Å². The van der Waals surface area contributed by atoms with Gasteiger partial charge in [-0.1, -0.05) is 18.2 Å². The van der Waals surface area contributed by atoms with Crippen LogP contribution in [0.15, 0.2) is 36.5 Å². The standard InChI is InChI=1S/C16H20N2/c1-2-6-16-15(5-1)14(9-11-18-16)8-7-13-4-3-10-17-12-13/h1-2,5-6,9,11,13,17H,3-4,7-8,10,12H2. The fourth-order valence-electron chi connectivity index (χ4n) is 2.90. The minimum atomic E-state index is 0.852. The highest BCUT2D eigenvalue weighted by atomic mass is 14.9. The number of hydrogen-bond donors (Lipinski definition) is 1. The van der Waals surface area contributed by atoms with E-state index in [2.05, 4.69) is 40.6 Å². The molecule has 0 spiro atoms. The van der Waals surface area contributed by atoms with Gasteiger partial charge >= 0.3 is 0 Å². The highest BCUT2D eigenvalue weighted by molar-refractivity contribution is 5.81. The lowest BCUT2D eigenvalue weighted by Gasteiger charge is -2.22. The average molecular weight is 240 g/mol. The maximum atomic E-state index is 4.42. The smallest absolute Gasteiger partial charge is 0.0704 e. The number of hydrogen-bond acceptors (Lipinski definition) is 2. The summed E-state index contributed by atoms with van der Waals surface area (Å²) in [7, 11) is 0. The first-order chi connectivity index (χ1) is 8.93. The van der Waals surface area contributed by atoms with E-state index in [0.717, 1.165) is 11.4 Å². The number of aromatic nitrogens is 1. The molecule has 2 nitrogen and oxygen atoms in total. The molecule has 2 heterocycles. The lowest BCUT2D eigenvalue weighted by molar-refractivity contribution is 0.358. The van der Waals surface area contributed by atoms with Crippen molar-refractivity contribution < 1.29 is 0 Å². The van der Waals surface area contributed by atoms with Crippen LogP contribution in [0, 0.1) is 5.92 Å². The minimum absolute atomic E-state index is 0.852. The van der Waals surface area contributed by atoms with Crippen molar-refractivity contribution >= 4 is 10.9 Å². The summed E-state index contributed by atoms with van der Waals surface area (Å²) in [4.78, 5) is 4.42. The fraction of sp³-hybridized carbons (Fsp3) is 0.438. The van der Waals surface area contributed by atoms with Crippen LogP contribution in [0.1, 0.15) is 24.8 Å². The van der Waals surface area contributed by atoms with Crippen LogP contribution in [-0.4, -0.2) is 18.1 Å². The Bertz CT molecular complexity index is 510. The number of piperidine rings is 1. The van der Waals surface area contributed by atoms with E-state index in [1.807, 2.05) is 6.20 Å². The molecule has 18 heavy (non-hydrogen) atoms. The first-order valence-electron chi connectivity index (χ1n) is 6.97. The van der Waals surface area contributed by atoms with Gasteiger partial charge < -0.3 is 5.32 Å². The number of benzene rings is 1. The largest absolute Gasteiger partial charge is 0.316 e. The molecule has 1 atom stereocenters. The number of nitrogens with zero attached hydrogens (tertiary/aromatic N) is 1. The lowest BCUT2D eigenvalue weighted by Crippen LogP contribution is -2.29. The van der Waals surface area contributed by atoms with Crippen LogP contribution in [-0.2, 0) is 6.42 Å². The van der Waals surface area contributed by atoms with Crippen LogP contribution in [0.3, 0.4) is 0 Å². The third kappa shape index (κ3) is 2.54. The summed E-state index contributed by atoms with van der Waals surface area (Å²) in [5.74, 6) is 0.852. The van der Waals surface area contributed by atoms with Crippen LogP contribution >= 0.6 is 0 Å². The van der Waals surface area contributed by atoms with Crippen LogP contribution in [0.4, 0.5) is 0 Å². The zero-order valence-electron chi connectivity index (χ0n) is 10.7. The van der Waals surface area contributed by atoms with Crippen LogP contribution < -0.4 is 5.32 Å². The van der Waals surface area contributed by atoms with Gasteiger partial charge in [-0.3, -0.25) is 4.98 Å². The summed E-state index contributed by atoms with van der Waals surface area (Å²) in [6.07, 6.45) is 7.13.